The van der Waals surface area contributed by atoms with Crippen LogP contribution in [0, 0.1) is 5.82 Å². The van der Waals surface area contributed by atoms with Gasteiger partial charge in [0.2, 0.25) is 0 Å². The topological polar surface area (TPSA) is 53.6 Å². The number of urea groups is 1. The molecule has 128 valence electrons. The minimum absolute atomic E-state index is 0.194. The molecule has 1 unspecified atom stereocenters. The van der Waals surface area contributed by atoms with Crippen LogP contribution in [0.3, 0.4) is 0 Å². The molecule has 23 heavy (non-hydrogen) atoms. The number of halogens is 1. The van der Waals surface area contributed by atoms with Gasteiger partial charge in [0.15, 0.2) is 0 Å². The van der Waals surface area contributed by atoms with Crippen LogP contribution in [0.15, 0.2) is 18.2 Å². The summed E-state index contributed by atoms with van der Waals surface area (Å²) in [4.78, 5) is 14.5. The molecule has 1 saturated heterocycles. The Bertz CT molecular complexity index is 531. The van der Waals surface area contributed by atoms with E-state index in [1.807, 2.05) is 6.92 Å². The maximum absolute atomic E-state index is 13.4. The molecule has 2 amide bonds. The fraction of sp³-hybridized carbons (Fsp3) is 0.588. The maximum atomic E-state index is 13.4. The van der Waals surface area contributed by atoms with E-state index in [9.17, 15) is 9.18 Å². The summed E-state index contributed by atoms with van der Waals surface area (Å²) in [6, 6.07) is 3.94. The number of carbonyl (C=O) groups is 1. The van der Waals surface area contributed by atoms with E-state index in [1.54, 1.807) is 6.07 Å². The molecule has 0 radical (unpaired) electrons. The summed E-state index contributed by atoms with van der Waals surface area (Å²) >= 11 is 0. The molecule has 1 aromatic rings. The second-order valence-corrected chi connectivity index (χ2v) is 5.93. The van der Waals surface area contributed by atoms with Crippen molar-refractivity contribution in [2.24, 2.45) is 0 Å². The lowest BCUT2D eigenvalue weighted by Crippen LogP contribution is -2.48. The van der Waals surface area contributed by atoms with Crippen LogP contribution in [0.5, 0.6) is 5.75 Å². The third-order valence-corrected chi connectivity index (χ3v) is 4.38. The smallest absolute Gasteiger partial charge is 0.315 e. The maximum Gasteiger partial charge on any atom is 0.315 e. The summed E-state index contributed by atoms with van der Waals surface area (Å²) in [7, 11) is 1.53. The van der Waals surface area contributed by atoms with Crippen LogP contribution in [0.25, 0.3) is 0 Å². The second-order valence-electron chi connectivity index (χ2n) is 5.93. The second kappa shape index (κ2) is 8.15. The monoisotopic (exact) mass is 323 g/mol. The van der Waals surface area contributed by atoms with Gasteiger partial charge in [-0.1, -0.05) is 6.92 Å². The van der Waals surface area contributed by atoms with E-state index in [2.05, 4.69) is 22.5 Å². The van der Waals surface area contributed by atoms with E-state index in [4.69, 9.17) is 4.74 Å². The summed E-state index contributed by atoms with van der Waals surface area (Å²) in [6.07, 6.45) is 1.91. The average Bonchev–Trinajstić information content (AvgIpc) is 2.55. The van der Waals surface area contributed by atoms with E-state index in [-0.39, 0.29) is 23.9 Å². The Balaban J connectivity index is 1.89. The third-order valence-electron chi connectivity index (χ3n) is 4.38. The number of nitrogens with zero attached hydrogens (tertiary/aromatic N) is 1. The molecule has 0 bridgehead atoms. The quantitative estimate of drug-likeness (QED) is 0.876. The molecule has 2 N–H and O–H groups in total. The van der Waals surface area contributed by atoms with Crippen LogP contribution in [0.4, 0.5) is 9.18 Å². The standard InChI is InChI=1S/C17H26FN3O2/c1-4-21-9-7-14(8-10-21)20-17(22)19-12(2)15-11-13(18)5-6-16(15)23-3/h5-6,11-12,14H,4,7-10H2,1-3H3,(H2,19,20,22). The minimum Gasteiger partial charge on any atom is -0.496 e. The molecule has 5 nitrogen and oxygen atoms in total. The van der Waals surface area contributed by atoms with Crippen molar-refractivity contribution in [1.82, 2.24) is 15.5 Å². The number of hydrogen-bond donors (Lipinski definition) is 2. The molecular weight excluding hydrogens is 297 g/mol. The summed E-state index contributed by atoms with van der Waals surface area (Å²) < 4.78 is 18.7. The van der Waals surface area contributed by atoms with Gasteiger partial charge < -0.3 is 20.3 Å². The zero-order chi connectivity index (χ0) is 16.8. The Morgan fingerprint density at radius 1 is 1.43 bits per heavy atom. The van der Waals surface area contributed by atoms with Crippen LogP contribution < -0.4 is 15.4 Å². The summed E-state index contributed by atoms with van der Waals surface area (Å²) in [5, 5.41) is 5.87. The highest BCUT2D eigenvalue weighted by molar-refractivity contribution is 5.74. The average molecular weight is 323 g/mol. The van der Waals surface area contributed by atoms with Gasteiger partial charge in [-0.25, -0.2) is 9.18 Å². The molecule has 1 aromatic carbocycles. The number of methoxy groups -OCH3 is 1. The van der Waals surface area contributed by atoms with Gasteiger partial charge in [-0.3, -0.25) is 0 Å². The van der Waals surface area contributed by atoms with Crippen molar-refractivity contribution in [2.45, 2.75) is 38.8 Å². The summed E-state index contributed by atoms with van der Waals surface area (Å²) in [6.45, 7) is 7.03. The Morgan fingerprint density at radius 2 is 2.13 bits per heavy atom. The van der Waals surface area contributed by atoms with E-state index < -0.39 is 0 Å². The van der Waals surface area contributed by atoms with Gasteiger partial charge in [-0.05, 0) is 44.5 Å². The molecule has 1 aliphatic heterocycles. The van der Waals surface area contributed by atoms with Crippen molar-refractivity contribution >= 4 is 6.03 Å². The number of piperidine rings is 1. The van der Waals surface area contributed by atoms with Crippen molar-refractivity contribution in [1.29, 1.82) is 0 Å². The molecule has 0 aliphatic carbocycles. The molecule has 1 fully saturated rings. The number of amides is 2. The molecule has 0 saturated carbocycles. The van der Waals surface area contributed by atoms with Crippen molar-refractivity contribution in [3.63, 3.8) is 0 Å². The number of carbonyl (C=O) groups excluding carboxylic acids is 1. The zero-order valence-corrected chi connectivity index (χ0v) is 14.1. The fourth-order valence-corrected chi connectivity index (χ4v) is 2.94. The molecule has 2 rings (SSSR count). The van der Waals surface area contributed by atoms with E-state index in [0.29, 0.717) is 11.3 Å². The van der Waals surface area contributed by atoms with Crippen LogP contribution in [-0.4, -0.2) is 43.7 Å². The van der Waals surface area contributed by atoms with Crippen LogP contribution >= 0.6 is 0 Å². The molecule has 6 heteroatoms. The summed E-state index contributed by atoms with van der Waals surface area (Å²) in [5.74, 6) is 0.220. The lowest BCUT2D eigenvalue weighted by molar-refractivity contribution is 0.197. The van der Waals surface area contributed by atoms with Crippen molar-refractivity contribution in [3.05, 3.63) is 29.6 Å². The summed E-state index contributed by atoms with van der Waals surface area (Å²) in [5.41, 5.74) is 0.628. The largest absolute Gasteiger partial charge is 0.496 e. The highest BCUT2D eigenvalue weighted by Gasteiger charge is 2.21. The number of hydrogen-bond acceptors (Lipinski definition) is 3. The van der Waals surface area contributed by atoms with Gasteiger partial charge in [0, 0.05) is 24.7 Å². The molecule has 1 aliphatic rings. The first-order valence-electron chi connectivity index (χ1n) is 8.16. The Morgan fingerprint density at radius 3 is 2.74 bits per heavy atom. The van der Waals surface area contributed by atoms with Gasteiger partial charge in [0.1, 0.15) is 11.6 Å². The SMILES string of the molecule is CCN1CCC(NC(=O)NC(C)c2cc(F)ccc2OC)CC1. The van der Waals surface area contributed by atoms with Crippen molar-refractivity contribution < 1.29 is 13.9 Å². The highest BCUT2D eigenvalue weighted by atomic mass is 19.1. The van der Waals surface area contributed by atoms with E-state index in [0.717, 1.165) is 32.5 Å². The first-order valence-corrected chi connectivity index (χ1v) is 8.16. The Hall–Kier alpha value is -1.82. The number of ether oxygens (including phenoxy) is 1. The van der Waals surface area contributed by atoms with Crippen LogP contribution in [0.2, 0.25) is 0 Å². The van der Waals surface area contributed by atoms with Gasteiger partial charge in [-0.15, -0.1) is 0 Å². The normalized spacial score (nSPS) is 17.6. The van der Waals surface area contributed by atoms with Gasteiger partial charge in [0.25, 0.3) is 0 Å². The molecular formula is C17H26FN3O2. The lowest BCUT2D eigenvalue weighted by atomic mass is 10.1. The number of likely N-dealkylation sites (tertiary alicyclic amines) is 1. The molecule has 0 aromatic heterocycles. The number of rotatable bonds is 5. The third kappa shape index (κ3) is 4.82. The van der Waals surface area contributed by atoms with Crippen molar-refractivity contribution in [3.8, 4) is 5.75 Å². The molecule has 1 atom stereocenters. The van der Waals surface area contributed by atoms with Crippen LogP contribution in [-0.2, 0) is 0 Å². The van der Waals surface area contributed by atoms with E-state index >= 15 is 0 Å². The van der Waals surface area contributed by atoms with Gasteiger partial charge >= 0.3 is 6.03 Å². The van der Waals surface area contributed by atoms with E-state index in [1.165, 1.54) is 19.2 Å². The highest BCUT2D eigenvalue weighted by Crippen LogP contribution is 2.25. The molecule has 1 heterocycles. The van der Waals surface area contributed by atoms with Crippen molar-refractivity contribution in [2.75, 3.05) is 26.7 Å². The Kier molecular flexibility index (Phi) is 6.21. The predicted octanol–water partition coefficient (Wildman–Crippen LogP) is 2.68. The first kappa shape index (κ1) is 17.5. The first-order chi connectivity index (χ1) is 11.0. The van der Waals surface area contributed by atoms with Gasteiger partial charge in [-0.2, -0.15) is 0 Å². The predicted molar refractivity (Wildman–Crippen MR) is 88.2 cm³/mol. The number of benzene rings is 1. The number of nitrogens with one attached hydrogen (secondary N) is 2. The Labute approximate surface area is 137 Å². The van der Waals surface area contributed by atoms with Crippen LogP contribution in [0.1, 0.15) is 38.3 Å². The zero-order valence-electron chi connectivity index (χ0n) is 14.1. The van der Waals surface area contributed by atoms with Gasteiger partial charge in [0.05, 0.1) is 13.2 Å². The lowest BCUT2D eigenvalue weighted by Gasteiger charge is -2.31. The minimum atomic E-state index is -0.346. The molecule has 0 spiro atoms. The fourth-order valence-electron chi connectivity index (χ4n) is 2.94.